The standard InChI is InChI=1S/C18H24O6/c1-12(19)6-5-9-14(20)8-4-2-3-7-13-10-11-15(21)17(22)16(13)18(23)24/h3,7,10-12,19,21-22H,2,4-6,8-9H2,1H3,(H,23,24)/b7-3+. The number of aliphatic hydroxyl groups is 1. The number of aromatic hydroxyl groups is 2. The van der Waals surface area contributed by atoms with E-state index in [4.69, 9.17) is 10.2 Å². The van der Waals surface area contributed by atoms with Crippen molar-refractivity contribution >= 4 is 17.8 Å². The molecule has 6 heteroatoms. The molecule has 0 bridgehead atoms. The highest BCUT2D eigenvalue weighted by atomic mass is 16.4. The number of carbonyl (C=O) groups is 2. The third kappa shape index (κ3) is 6.42. The smallest absolute Gasteiger partial charge is 0.340 e. The summed E-state index contributed by atoms with van der Waals surface area (Å²) in [5.41, 5.74) is -0.0542. The molecule has 1 aromatic rings. The number of aliphatic hydroxyl groups excluding tert-OH is 1. The number of unbranched alkanes of at least 4 members (excludes halogenated alkanes) is 1. The maximum atomic E-state index is 11.6. The summed E-state index contributed by atoms with van der Waals surface area (Å²) in [4.78, 5) is 22.8. The number of hydrogen-bond acceptors (Lipinski definition) is 5. The van der Waals surface area contributed by atoms with E-state index in [1.807, 2.05) is 0 Å². The topological polar surface area (TPSA) is 115 Å². The lowest BCUT2D eigenvalue weighted by atomic mass is 10.0. The molecule has 1 atom stereocenters. The summed E-state index contributed by atoms with van der Waals surface area (Å²) < 4.78 is 0. The Labute approximate surface area is 141 Å². The van der Waals surface area contributed by atoms with Gasteiger partial charge in [-0.05, 0) is 44.2 Å². The van der Waals surface area contributed by atoms with E-state index in [0.717, 1.165) is 0 Å². The zero-order chi connectivity index (χ0) is 18.1. The number of phenolic OH excluding ortho intramolecular Hbond substituents is 1. The van der Waals surface area contributed by atoms with E-state index in [-0.39, 0.29) is 17.5 Å². The highest BCUT2D eigenvalue weighted by Gasteiger charge is 2.17. The van der Waals surface area contributed by atoms with Crippen molar-refractivity contribution in [3.8, 4) is 11.5 Å². The molecule has 1 unspecified atom stereocenters. The number of carbonyl (C=O) groups excluding carboxylic acids is 1. The van der Waals surface area contributed by atoms with Crippen molar-refractivity contribution in [2.24, 2.45) is 0 Å². The SMILES string of the molecule is CC(O)CCCC(=O)CCC/C=C/c1ccc(O)c(O)c1C(=O)O. The van der Waals surface area contributed by atoms with Crippen LogP contribution in [0.1, 0.15) is 61.4 Å². The van der Waals surface area contributed by atoms with Crippen LogP contribution in [0.3, 0.4) is 0 Å². The summed E-state index contributed by atoms with van der Waals surface area (Å²) in [6.45, 7) is 1.70. The number of aromatic carboxylic acids is 1. The Morgan fingerprint density at radius 2 is 1.83 bits per heavy atom. The molecule has 0 radical (unpaired) electrons. The first-order chi connectivity index (χ1) is 11.3. The summed E-state index contributed by atoms with van der Waals surface area (Å²) in [6, 6.07) is 2.64. The Morgan fingerprint density at radius 1 is 1.17 bits per heavy atom. The van der Waals surface area contributed by atoms with Gasteiger partial charge < -0.3 is 20.4 Å². The van der Waals surface area contributed by atoms with Crippen LogP contribution in [0.4, 0.5) is 0 Å². The quantitative estimate of drug-likeness (QED) is 0.385. The summed E-state index contributed by atoms with van der Waals surface area (Å²) >= 11 is 0. The lowest BCUT2D eigenvalue weighted by molar-refractivity contribution is -0.119. The molecule has 24 heavy (non-hydrogen) atoms. The van der Waals surface area contributed by atoms with Gasteiger partial charge in [-0.15, -0.1) is 0 Å². The fraction of sp³-hybridized carbons (Fsp3) is 0.444. The van der Waals surface area contributed by atoms with E-state index in [2.05, 4.69) is 0 Å². The Bertz CT molecular complexity index is 604. The molecule has 6 nitrogen and oxygen atoms in total. The third-order valence-corrected chi connectivity index (χ3v) is 3.60. The van der Waals surface area contributed by atoms with Gasteiger partial charge in [0.25, 0.3) is 0 Å². The van der Waals surface area contributed by atoms with Gasteiger partial charge in [0.1, 0.15) is 11.3 Å². The minimum atomic E-state index is -1.32. The Kier molecular flexibility index (Phi) is 7.98. The van der Waals surface area contributed by atoms with Gasteiger partial charge in [0, 0.05) is 12.8 Å². The van der Waals surface area contributed by atoms with Gasteiger partial charge in [0.15, 0.2) is 11.5 Å². The Hall–Kier alpha value is -2.34. The van der Waals surface area contributed by atoms with Crippen LogP contribution in [0.15, 0.2) is 18.2 Å². The number of benzene rings is 1. The number of rotatable bonds is 10. The molecule has 1 rings (SSSR count). The van der Waals surface area contributed by atoms with Gasteiger partial charge >= 0.3 is 5.97 Å². The molecule has 0 aromatic heterocycles. The van der Waals surface area contributed by atoms with Gasteiger partial charge in [-0.25, -0.2) is 4.79 Å². The lowest BCUT2D eigenvalue weighted by Crippen LogP contribution is -2.02. The minimum Gasteiger partial charge on any atom is -0.504 e. The monoisotopic (exact) mass is 336 g/mol. The molecule has 0 saturated heterocycles. The van der Waals surface area contributed by atoms with Crippen LogP contribution in [0, 0.1) is 0 Å². The summed E-state index contributed by atoms with van der Waals surface area (Å²) in [7, 11) is 0. The number of Topliss-reactive ketones (excluding diaryl/α,β-unsaturated/α-hetero) is 1. The van der Waals surface area contributed by atoms with E-state index in [9.17, 15) is 19.8 Å². The molecule has 0 fully saturated rings. The molecule has 132 valence electrons. The van der Waals surface area contributed by atoms with Crippen LogP contribution < -0.4 is 0 Å². The zero-order valence-corrected chi connectivity index (χ0v) is 13.7. The molecular formula is C18H24O6. The summed E-state index contributed by atoms with van der Waals surface area (Å²) in [5, 5.41) is 37.2. The summed E-state index contributed by atoms with van der Waals surface area (Å²) in [6.07, 6.45) is 6.36. The van der Waals surface area contributed by atoms with Crippen molar-refractivity contribution in [1.82, 2.24) is 0 Å². The van der Waals surface area contributed by atoms with Gasteiger partial charge in [0.05, 0.1) is 6.10 Å². The molecule has 0 aliphatic heterocycles. The number of ketones is 1. The molecule has 0 amide bonds. The normalized spacial score (nSPS) is 12.4. The number of carboxylic acids is 1. The second-order valence-corrected chi connectivity index (χ2v) is 5.78. The molecule has 1 aromatic carbocycles. The van der Waals surface area contributed by atoms with Crippen LogP contribution in [0.25, 0.3) is 6.08 Å². The highest BCUT2D eigenvalue weighted by molar-refractivity contribution is 5.96. The van der Waals surface area contributed by atoms with Gasteiger partial charge in [-0.2, -0.15) is 0 Å². The van der Waals surface area contributed by atoms with Crippen LogP contribution in [0.2, 0.25) is 0 Å². The molecule has 0 aliphatic carbocycles. The fourth-order valence-electron chi connectivity index (χ4n) is 2.31. The zero-order valence-electron chi connectivity index (χ0n) is 13.7. The van der Waals surface area contributed by atoms with Crippen LogP contribution in [-0.2, 0) is 4.79 Å². The maximum Gasteiger partial charge on any atom is 0.340 e. The lowest BCUT2D eigenvalue weighted by Gasteiger charge is -2.06. The van der Waals surface area contributed by atoms with E-state index < -0.39 is 17.5 Å². The van der Waals surface area contributed by atoms with E-state index in [1.54, 1.807) is 19.1 Å². The third-order valence-electron chi connectivity index (χ3n) is 3.60. The van der Waals surface area contributed by atoms with Crippen LogP contribution >= 0.6 is 0 Å². The van der Waals surface area contributed by atoms with Crippen molar-refractivity contribution in [2.75, 3.05) is 0 Å². The molecule has 0 aliphatic rings. The second-order valence-electron chi connectivity index (χ2n) is 5.78. The van der Waals surface area contributed by atoms with Gasteiger partial charge in [-0.1, -0.05) is 18.2 Å². The Morgan fingerprint density at radius 3 is 2.46 bits per heavy atom. The van der Waals surface area contributed by atoms with Crippen molar-refractivity contribution in [1.29, 1.82) is 0 Å². The molecule has 0 spiro atoms. The number of carboxylic acid groups (broad SMARTS) is 1. The first kappa shape index (κ1) is 19.7. The Balaban J connectivity index is 2.47. The number of phenols is 2. The van der Waals surface area contributed by atoms with Crippen molar-refractivity contribution in [2.45, 2.75) is 51.6 Å². The van der Waals surface area contributed by atoms with E-state index in [0.29, 0.717) is 44.1 Å². The van der Waals surface area contributed by atoms with Crippen LogP contribution in [-0.4, -0.2) is 38.3 Å². The highest BCUT2D eigenvalue weighted by Crippen LogP contribution is 2.32. The largest absolute Gasteiger partial charge is 0.504 e. The van der Waals surface area contributed by atoms with E-state index >= 15 is 0 Å². The average Bonchev–Trinajstić information content (AvgIpc) is 2.49. The minimum absolute atomic E-state index is 0.151. The maximum absolute atomic E-state index is 11.6. The first-order valence-electron chi connectivity index (χ1n) is 7.97. The van der Waals surface area contributed by atoms with Crippen molar-refractivity contribution < 1.29 is 30.0 Å². The predicted octanol–water partition coefficient (Wildman–Crippen LogP) is 3.10. The van der Waals surface area contributed by atoms with Crippen molar-refractivity contribution in [3.05, 3.63) is 29.3 Å². The summed E-state index contributed by atoms with van der Waals surface area (Å²) in [5.74, 6) is -2.31. The average molecular weight is 336 g/mol. The molecule has 0 saturated carbocycles. The van der Waals surface area contributed by atoms with Crippen LogP contribution in [0.5, 0.6) is 11.5 Å². The molecule has 0 heterocycles. The number of allylic oxidation sites excluding steroid dienone is 1. The molecular weight excluding hydrogens is 312 g/mol. The predicted molar refractivity (Wildman–Crippen MR) is 90.2 cm³/mol. The van der Waals surface area contributed by atoms with Crippen molar-refractivity contribution in [3.63, 3.8) is 0 Å². The molecule has 4 N–H and O–H groups in total. The first-order valence-corrected chi connectivity index (χ1v) is 7.97. The fourth-order valence-corrected chi connectivity index (χ4v) is 2.31. The van der Waals surface area contributed by atoms with E-state index in [1.165, 1.54) is 12.1 Å². The second kappa shape index (κ2) is 9.72. The number of hydrogen-bond donors (Lipinski definition) is 4. The van der Waals surface area contributed by atoms with Gasteiger partial charge in [0.2, 0.25) is 0 Å². The van der Waals surface area contributed by atoms with Gasteiger partial charge in [-0.3, -0.25) is 4.79 Å².